The Morgan fingerprint density at radius 1 is 1.41 bits per heavy atom. The fraction of sp³-hybridized carbons (Fsp3) is 0.818. The topological polar surface area (TPSA) is 107 Å². The predicted molar refractivity (Wildman–Crippen MR) is 63.0 cm³/mol. The molecule has 6 nitrogen and oxygen atoms in total. The maximum absolute atomic E-state index is 11.8. The van der Waals surface area contributed by atoms with Gasteiger partial charge in [0.25, 0.3) is 0 Å². The summed E-state index contributed by atoms with van der Waals surface area (Å²) in [6.07, 6.45) is 2.11. The SMILES string of the molecule is CC1CCCC(C(=O)NCCOC(N)=O)C1N. The van der Waals surface area contributed by atoms with Crippen LogP contribution in [-0.4, -0.2) is 31.2 Å². The summed E-state index contributed by atoms with van der Waals surface area (Å²) in [6.45, 7) is 2.44. The van der Waals surface area contributed by atoms with Crippen LogP contribution in [0.15, 0.2) is 0 Å². The lowest BCUT2D eigenvalue weighted by Crippen LogP contribution is -2.48. The highest BCUT2D eigenvalue weighted by Crippen LogP contribution is 2.27. The molecule has 0 aromatic rings. The largest absolute Gasteiger partial charge is 0.448 e. The molecule has 5 N–H and O–H groups in total. The van der Waals surface area contributed by atoms with E-state index in [1.807, 2.05) is 0 Å². The van der Waals surface area contributed by atoms with Gasteiger partial charge in [0, 0.05) is 6.04 Å². The second kappa shape index (κ2) is 6.44. The van der Waals surface area contributed by atoms with E-state index in [-0.39, 0.29) is 31.0 Å². The Hall–Kier alpha value is -1.30. The van der Waals surface area contributed by atoms with Gasteiger partial charge in [-0.15, -0.1) is 0 Å². The first-order chi connectivity index (χ1) is 8.02. The lowest BCUT2D eigenvalue weighted by molar-refractivity contribution is -0.127. The number of primary amides is 1. The van der Waals surface area contributed by atoms with Crippen LogP contribution in [-0.2, 0) is 9.53 Å². The molecular formula is C11H21N3O3. The van der Waals surface area contributed by atoms with Crippen molar-refractivity contribution >= 4 is 12.0 Å². The maximum Gasteiger partial charge on any atom is 0.404 e. The first kappa shape index (κ1) is 13.8. The van der Waals surface area contributed by atoms with Crippen LogP contribution >= 0.6 is 0 Å². The van der Waals surface area contributed by atoms with Crippen molar-refractivity contribution in [1.82, 2.24) is 5.32 Å². The second-order valence-electron chi connectivity index (χ2n) is 4.55. The molecule has 3 atom stereocenters. The molecule has 0 aromatic heterocycles. The monoisotopic (exact) mass is 243 g/mol. The van der Waals surface area contributed by atoms with Crippen molar-refractivity contribution in [3.63, 3.8) is 0 Å². The number of amides is 2. The van der Waals surface area contributed by atoms with Gasteiger partial charge < -0.3 is 21.5 Å². The molecule has 0 radical (unpaired) electrons. The zero-order chi connectivity index (χ0) is 12.8. The van der Waals surface area contributed by atoms with Gasteiger partial charge in [-0.25, -0.2) is 4.79 Å². The molecule has 0 saturated heterocycles. The molecule has 0 heterocycles. The number of hydrogen-bond acceptors (Lipinski definition) is 4. The number of hydrogen-bond donors (Lipinski definition) is 3. The summed E-state index contributed by atoms with van der Waals surface area (Å²) in [5, 5.41) is 2.71. The predicted octanol–water partition coefficient (Wildman–Crippen LogP) is -0.0386. The van der Waals surface area contributed by atoms with Gasteiger partial charge in [-0.05, 0) is 18.8 Å². The van der Waals surface area contributed by atoms with Crippen LogP contribution in [0, 0.1) is 11.8 Å². The Morgan fingerprint density at radius 3 is 2.76 bits per heavy atom. The summed E-state index contributed by atoms with van der Waals surface area (Å²) in [5.74, 6) is 0.186. The Morgan fingerprint density at radius 2 is 2.12 bits per heavy atom. The van der Waals surface area contributed by atoms with Crippen molar-refractivity contribution in [3.05, 3.63) is 0 Å². The summed E-state index contributed by atoms with van der Waals surface area (Å²) >= 11 is 0. The minimum atomic E-state index is -0.831. The Kier molecular flexibility index (Phi) is 5.21. The molecule has 1 aliphatic carbocycles. The molecule has 1 fully saturated rings. The van der Waals surface area contributed by atoms with E-state index in [0.29, 0.717) is 5.92 Å². The Bertz CT molecular complexity index is 283. The summed E-state index contributed by atoms with van der Waals surface area (Å²) in [6, 6.07) is -0.0826. The summed E-state index contributed by atoms with van der Waals surface area (Å²) in [7, 11) is 0. The van der Waals surface area contributed by atoms with E-state index in [4.69, 9.17) is 11.5 Å². The van der Waals surface area contributed by atoms with Crippen LogP contribution in [0.25, 0.3) is 0 Å². The normalized spacial score (nSPS) is 28.5. The van der Waals surface area contributed by atoms with Crippen LogP contribution in [0.3, 0.4) is 0 Å². The molecule has 1 aliphatic rings. The van der Waals surface area contributed by atoms with Crippen LogP contribution in [0.5, 0.6) is 0 Å². The smallest absolute Gasteiger partial charge is 0.404 e. The van der Waals surface area contributed by atoms with E-state index < -0.39 is 6.09 Å². The third kappa shape index (κ3) is 4.22. The zero-order valence-corrected chi connectivity index (χ0v) is 10.1. The van der Waals surface area contributed by atoms with Crippen molar-refractivity contribution < 1.29 is 14.3 Å². The molecule has 0 aliphatic heterocycles. The molecule has 1 saturated carbocycles. The highest BCUT2D eigenvalue weighted by molar-refractivity contribution is 5.79. The zero-order valence-electron chi connectivity index (χ0n) is 10.1. The lowest BCUT2D eigenvalue weighted by atomic mass is 9.78. The fourth-order valence-corrected chi connectivity index (χ4v) is 2.20. The Balaban J connectivity index is 2.29. The molecule has 0 bridgehead atoms. The van der Waals surface area contributed by atoms with E-state index in [0.717, 1.165) is 19.3 Å². The molecule has 6 heteroatoms. The average molecular weight is 243 g/mol. The standard InChI is InChI=1S/C11H21N3O3/c1-7-3-2-4-8(9(7)12)10(15)14-5-6-17-11(13)16/h7-9H,2-6,12H2,1H3,(H2,13,16)(H,14,15). The number of nitrogens with one attached hydrogen (secondary N) is 1. The molecule has 1 rings (SSSR count). The highest BCUT2D eigenvalue weighted by Gasteiger charge is 2.32. The number of rotatable bonds is 4. The molecule has 0 aromatic carbocycles. The Labute approximate surface area is 101 Å². The third-order valence-electron chi connectivity index (χ3n) is 3.28. The van der Waals surface area contributed by atoms with Crippen LogP contribution in [0.4, 0.5) is 4.79 Å². The molecule has 2 amide bonds. The third-order valence-corrected chi connectivity index (χ3v) is 3.28. The van der Waals surface area contributed by atoms with Gasteiger partial charge in [0.2, 0.25) is 5.91 Å². The summed E-state index contributed by atoms with van der Waals surface area (Å²) in [4.78, 5) is 22.1. The lowest BCUT2D eigenvalue weighted by Gasteiger charge is -2.32. The van der Waals surface area contributed by atoms with E-state index in [1.54, 1.807) is 0 Å². The maximum atomic E-state index is 11.8. The molecule has 0 spiro atoms. The summed E-state index contributed by atoms with van der Waals surface area (Å²) < 4.78 is 4.52. The van der Waals surface area contributed by atoms with Crippen molar-refractivity contribution in [2.45, 2.75) is 32.2 Å². The summed E-state index contributed by atoms with van der Waals surface area (Å²) in [5.41, 5.74) is 10.8. The van der Waals surface area contributed by atoms with Crippen molar-refractivity contribution in [2.75, 3.05) is 13.2 Å². The fourth-order valence-electron chi connectivity index (χ4n) is 2.20. The molecule has 3 unspecified atom stereocenters. The molecule has 98 valence electrons. The van der Waals surface area contributed by atoms with Crippen LogP contribution in [0.2, 0.25) is 0 Å². The average Bonchev–Trinajstić information content (AvgIpc) is 2.27. The van der Waals surface area contributed by atoms with Gasteiger partial charge in [-0.3, -0.25) is 4.79 Å². The van der Waals surface area contributed by atoms with E-state index in [1.165, 1.54) is 0 Å². The van der Waals surface area contributed by atoms with Gasteiger partial charge in [0.1, 0.15) is 6.61 Å². The van der Waals surface area contributed by atoms with Gasteiger partial charge in [0.05, 0.1) is 12.5 Å². The van der Waals surface area contributed by atoms with Crippen molar-refractivity contribution in [2.24, 2.45) is 23.3 Å². The van der Waals surface area contributed by atoms with E-state index in [9.17, 15) is 9.59 Å². The van der Waals surface area contributed by atoms with Gasteiger partial charge in [-0.1, -0.05) is 13.3 Å². The second-order valence-corrected chi connectivity index (χ2v) is 4.55. The molecular weight excluding hydrogens is 222 g/mol. The van der Waals surface area contributed by atoms with Gasteiger partial charge >= 0.3 is 6.09 Å². The number of ether oxygens (including phenoxy) is 1. The van der Waals surface area contributed by atoms with Crippen molar-refractivity contribution in [3.8, 4) is 0 Å². The minimum absolute atomic E-state index is 0.0582. The minimum Gasteiger partial charge on any atom is -0.448 e. The van der Waals surface area contributed by atoms with E-state index >= 15 is 0 Å². The van der Waals surface area contributed by atoms with Gasteiger partial charge in [0.15, 0.2) is 0 Å². The number of carbonyl (C=O) groups is 2. The van der Waals surface area contributed by atoms with Crippen molar-refractivity contribution in [1.29, 1.82) is 0 Å². The first-order valence-electron chi connectivity index (χ1n) is 5.98. The quantitative estimate of drug-likeness (QED) is 0.602. The van der Waals surface area contributed by atoms with E-state index in [2.05, 4.69) is 17.0 Å². The highest BCUT2D eigenvalue weighted by atomic mass is 16.5. The first-order valence-corrected chi connectivity index (χ1v) is 5.98. The van der Waals surface area contributed by atoms with Crippen LogP contribution in [0.1, 0.15) is 26.2 Å². The van der Waals surface area contributed by atoms with Gasteiger partial charge in [-0.2, -0.15) is 0 Å². The number of nitrogens with two attached hydrogens (primary N) is 2. The molecule has 17 heavy (non-hydrogen) atoms. The number of carbonyl (C=O) groups excluding carboxylic acids is 2. The van der Waals surface area contributed by atoms with Crippen LogP contribution < -0.4 is 16.8 Å².